The fourth-order valence-electron chi connectivity index (χ4n) is 2.39. The van der Waals surface area contributed by atoms with Crippen LogP contribution in [0.25, 0.3) is 0 Å². The minimum Gasteiger partial charge on any atom is -0.370 e. The number of fused-ring (bicyclic) bond motifs is 1. The lowest BCUT2D eigenvalue weighted by Gasteiger charge is -2.11. The second kappa shape index (κ2) is 6.66. The molecule has 3 rings (SSSR count). The molecule has 0 aliphatic carbocycles. The third kappa shape index (κ3) is 3.24. The van der Waals surface area contributed by atoms with E-state index >= 15 is 0 Å². The third-order valence-electron chi connectivity index (χ3n) is 3.84. The maximum Gasteiger partial charge on any atom is 0.257 e. The van der Waals surface area contributed by atoms with E-state index in [4.69, 9.17) is 4.74 Å². The summed E-state index contributed by atoms with van der Waals surface area (Å²) in [6.07, 6.45) is 1.50. The minimum absolute atomic E-state index is 0.00755. The molecule has 2 aromatic rings. The zero-order valence-electron chi connectivity index (χ0n) is 13.3. The predicted octanol–water partition coefficient (Wildman–Crippen LogP) is 1.59. The first-order valence-electron chi connectivity index (χ1n) is 7.42. The van der Waals surface area contributed by atoms with Crippen LogP contribution in [0.2, 0.25) is 0 Å². The molecule has 0 unspecified atom stereocenters. The number of sulfone groups is 1. The highest BCUT2D eigenvalue weighted by Gasteiger charge is 2.21. The van der Waals surface area contributed by atoms with Gasteiger partial charge in [-0.05, 0) is 18.6 Å². The van der Waals surface area contributed by atoms with E-state index in [0.717, 1.165) is 5.56 Å². The van der Waals surface area contributed by atoms with Gasteiger partial charge in [0.25, 0.3) is 5.56 Å². The van der Waals surface area contributed by atoms with Crippen molar-refractivity contribution in [2.75, 3.05) is 5.75 Å². The molecule has 0 bridgehead atoms. The van der Waals surface area contributed by atoms with Gasteiger partial charge in [0.05, 0.1) is 30.2 Å². The largest absolute Gasteiger partial charge is 0.370 e. The van der Waals surface area contributed by atoms with Crippen LogP contribution in [0.5, 0.6) is 0 Å². The molecule has 24 heavy (non-hydrogen) atoms. The molecule has 0 saturated carbocycles. The van der Waals surface area contributed by atoms with Gasteiger partial charge in [0, 0.05) is 17.5 Å². The zero-order chi connectivity index (χ0) is 17.3. The Balaban J connectivity index is 1.91. The Morgan fingerprint density at radius 3 is 2.92 bits per heavy atom. The molecule has 1 aliphatic rings. The van der Waals surface area contributed by atoms with Crippen molar-refractivity contribution in [1.29, 1.82) is 0 Å². The van der Waals surface area contributed by atoms with Crippen molar-refractivity contribution in [2.45, 2.75) is 43.0 Å². The van der Waals surface area contributed by atoms with Crippen LogP contribution in [0.1, 0.15) is 29.3 Å². The lowest BCUT2D eigenvalue weighted by Crippen LogP contribution is -2.15. The van der Waals surface area contributed by atoms with E-state index in [1.54, 1.807) is 13.0 Å². The van der Waals surface area contributed by atoms with E-state index in [9.17, 15) is 13.2 Å². The normalized spacial score (nSPS) is 13.9. The Morgan fingerprint density at radius 1 is 1.38 bits per heavy atom. The first-order valence-corrected chi connectivity index (χ1v) is 10.1. The maximum atomic E-state index is 12.2. The Labute approximate surface area is 143 Å². The van der Waals surface area contributed by atoms with E-state index in [2.05, 4.69) is 15.0 Å². The van der Waals surface area contributed by atoms with Crippen molar-refractivity contribution in [2.24, 2.45) is 0 Å². The Morgan fingerprint density at radius 2 is 2.17 bits per heavy atom. The monoisotopic (exact) mass is 367 g/mol. The molecule has 0 atom stereocenters. The molecule has 7 nitrogen and oxygen atoms in total. The molecule has 9 heteroatoms. The smallest absolute Gasteiger partial charge is 0.257 e. The number of thioether (sulfide) groups is 1. The summed E-state index contributed by atoms with van der Waals surface area (Å²) in [6, 6.07) is 1.78. The van der Waals surface area contributed by atoms with Crippen LogP contribution in [0.4, 0.5) is 0 Å². The molecule has 2 aromatic heterocycles. The molecule has 1 N–H and O–H groups in total. The zero-order valence-corrected chi connectivity index (χ0v) is 15.0. The molecule has 3 heterocycles. The van der Waals surface area contributed by atoms with Crippen LogP contribution in [-0.2, 0) is 33.5 Å². The second-order valence-electron chi connectivity index (χ2n) is 5.39. The van der Waals surface area contributed by atoms with E-state index in [0.29, 0.717) is 34.3 Å². The standard InChI is InChI=1S/C15H17N3O4S2/c1-3-24(20,21)14-11(9(2)4-5-16-14)8-23-15-17-12-7-22-6-10(12)13(19)18-15/h4-5H,3,6-8H2,1-2H3,(H,17,18,19). The summed E-state index contributed by atoms with van der Waals surface area (Å²) >= 11 is 1.28. The predicted molar refractivity (Wildman–Crippen MR) is 89.6 cm³/mol. The number of rotatable bonds is 5. The topological polar surface area (TPSA) is 102 Å². The van der Waals surface area contributed by atoms with E-state index in [1.165, 1.54) is 18.0 Å². The summed E-state index contributed by atoms with van der Waals surface area (Å²) in [4.78, 5) is 23.1. The van der Waals surface area contributed by atoms with Crippen molar-refractivity contribution < 1.29 is 13.2 Å². The number of nitrogens with one attached hydrogen (secondary N) is 1. The highest BCUT2D eigenvalue weighted by molar-refractivity contribution is 7.98. The van der Waals surface area contributed by atoms with Gasteiger partial charge in [-0.15, -0.1) is 0 Å². The molecule has 128 valence electrons. The number of aryl methyl sites for hydroxylation is 1. The average molecular weight is 367 g/mol. The van der Waals surface area contributed by atoms with Gasteiger partial charge in [0.1, 0.15) is 0 Å². The number of ether oxygens (including phenoxy) is 1. The van der Waals surface area contributed by atoms with Crippen molar-refractivity contribution >= 4 is 21.6 Å². The van der Waals surface area contributed by atoms with Gasteiger partial charge < -0.3 is 9.72 Å². The molecular formula is C15H17N3O4S2. The van der Waals surface area contributed by atoms with Crippen molar-refractivity contribution in [3.63, 3.8) is 0 Å². The number of hydrogen-bond acceptors (Lipinski definition) is 7. The van der Waals surface area contributed by atoms with E-state index in [1.807, 2.05) is 6.92 Å². The summed E-state index contributed by atoms with van der Waals surface area (Å²) in [7, 11) is -3.41. The number of aromatic amines is 1. The highest BCUT2D eigenvalue weighted by atomic mass is 32.2. The van der Waals surface area contributed by atoms with Crippen molar-refractivity contribution in [3.8, 4) is 0 Å². The SMILES string of the molecule is CCS(=O)(=O)c1nccc(C)c1CSc1nc2c(c(=O)[nH]1)COC2. The van der Waals surface area contributed by atoms with Gasteiger partial charge in [0.15, 0.2) is 20.0 Å². The van der Waals surface area contributed by atoms with Crippen molar-refractivity contribution in [1.82, 2.24) is 15.0 Å². The van der Waals surface area contributed by atoms with Gasteiger partial charge in [0.2, 0.25) is 0 Å². The highest BCUT2D eigenvalue weighted by Crippen LogP contribution is 2.26. The second-order valence-corrected chi connectivity index (χ2v) is 8.55. The van der Waals surface area contributed by atoms with Crippen LogP contribution < -0.4 is 5.56 Å². The Kier molecular flexibility index (Phi) is 4.75. The molecule has 0 saturated heterocycles. The van der Waals surface area contributed by atoms with Gasteiger partial charge in [-0.1, -0.05) is 18.7 Å². The molecule has 0 aromatic carbocycles. The van der Waals surface area contributed by atoms with E-state index < -0.39 is 9.84 Å². The maximum absolute atomic E-state index is 12.2. The number of pyridine rings is 1. The average Bonchev–Trinajstić information content (AvgIpc) is 3.02. The van der Waals surface area contributed by atoms with Crippen LogP contribution in [0, 0.1) is 6.92 Å². The van der Waals surface area contributed by atoms with Gasteiger partial charge in [-0.3, -0.25) is 4.79 Å². The minimum atomic E-state index is -3.41. The van der Waals surface area contributed by atoms with Crippen molar-refractivity contribution in [3.05, 3.63) is 45.0 Å². The fraction of sp³-hybridized carbons (Fsp3) is 0.400. The first-order chi connectivity index (χ1) is 11.4. The Bertz CT molecular complexity index is 938. The van der Waals surface area contributed by atoms with Crippen LogP contribution in [0.3, 0.4) is 0 Å². The lowest BCUT2D eigenvalue weighted by atomic mass is 10.2. The number of aromatic nitrogens is 3. The molecule has 0 spiro atoms. The quantitative estimate of drug-likeness (QED) is 0.632. The summed E-state index contributed by atoms with van der Waals surface area (Å²) in [5, 5.41) is 0.552. The molecular weight excluding hydrogens is 350 g/mol. The summed E-state index contributed by atoms with van der Waals surface area (Å²) in [6.45, 7) is 4.05. The number of H-pyrrole nitrogens is 1. The summed E-state index contributed by atoms with van der Waals surface area (Å²) in [5.74, 6) is 0.350. The van der Waals surface area contributed by atoms with Gasteiger partial charge in [-0.2, -0.15) is 0 Å². The first kappa shape index (κ1) is 17.1. The summed E-state index contributed by atoms with van der Waals surface area (Å²) in [5.41, 5.74) is 2.49. The summed E-state index contributed by atoms with van der Waals surface area (Å²) < 4.78 is 29.7. The number of nitrogens with zero attached hydrogens (tertiary/aromatic N) is 2. The molecule has 0 amide bonds. The molecule has 0 fully saturated rings. The molecule has 1 aliphatic heterocycles. The van der Waals surface area contributed by atoms with Crippen LogP contribution in [0.15, 0.2) is 27.2 Å². The molecule has 0 radical (unpaired) electrons. The van der Waals surface area contributed by atoms with Gasteiger partial charge >= 0.3 is 0 Å². The number of hydrogen-bond donors (Lipinski definition) is 1. The van der Waals surface area contributed by atoms with E-state index in [-0.39, 0.29) is 22.9 Å². The third-order valence-corrected chi connectivity index (χ3v) is 6.44. The fourth-order valence-corrected chi connectivity index (χ4v) is 4.57. The van der Waals surface area contributed by atoms with Gasteiger partial charge in [-0.25, -0.2) is 18.4 Å². The van der Waals surface area contributed by atoms with Crippen LogP contribution >= 0.6 is 11.8 Å². The Hall–Kier alpha value is -1.71. The van der Waals surface area contributed by atoms with Crippen LogP contribution in [-0.4, -0.2) is 29.1 Å². The lowest BCUT2D eigenvalue weighted by molar-refractivity contribution is 0.132.